The van der Waals surface area contributed by atoms with Gasteiger partial charge in [0.1, 0.15) is 5.75 Å². The monoisotopic (exact) mass is 351 g/mol. The second-order valence-electron chi connectivity index (χ2n) is 5.41. The predicted molar refractivity (Wildman–Crippen MR) is 102 cm³/mol. The standard InChI is InChI=1S/C19H17N3O2S/c1-3-11-22-18(24)17(13(2)14-6-8-16(23)9-7-14)25-19(22)21-15-5-4-10-20-12-15/h3-10,12,23H,1,11H2,2H3/b17-13-,21-19?. The summed E-state index contributed by atoms with van der Waals surface area (Å²) in [6, 6.07) is 10.4. The Bertz CT molecular complexity index is 858. The highest BCUT2D eigenvalue weighted by molar-refractivity contribution is 8.18. The maximum atomic E-state index is 12.8. The molecule has 2 aromatic rings. The lowest BCUT2D eigenvalue weighted by atomic mass is 10.1. The van der Waals surface area contributed by atoms with Crippen molar-refractivity contribution in [3.8, 4) is 5.75 Å². The first-order valence-corrected chi connectivity index (χ1v) is 8.51. The van der Waals surface area contributed by atoms with Crippen molar-refractivity contribution in [3.05, 3.63) is 71.9 Å². The van der Waals surface area contributed by atoms with Gasteiger partial charge in [0.15, 0.2) is 5.17 Å². The van der Waals surface area contributed by atoms with E-state index in [0.29, 0.717) is 22.3 Å². The highest BCUT2D eigenvalue weighted by atomic mass is 32.2. The molecule has 25 heavy (non-hydrogen) atoms. The van der Waals surface area contributed by atoms with Gasteiger partial charge in [0.2, 0.25) is 0 Å². The second-order valence-corrected chi connectivity index (χ2v) is 6.39. The van der Waals surface area contributed by atoms with Gasteiger partial charge in [-0.05, 0) is 54.1 Å². The molecule has 0 spiro atoms. The fraction of sp³-hybridized carbons (Fsp3) is 0.105. The van der Waals surface area contributed by atoms with Crippen LogP contribution < -0.4 is 0 Å². The average molecular weight is 351 g/mol. The number of aromatic nitrogens is 1. The van der Waals surface area contributed by atoms with Crippen molar-refractivity contribution >= 4 is 34.1 Å². The number of rotatable bonds is 4. The van der Waals surface area contributed by atoms with E-state index in [9.17, 15) is 9.90 Å². The van der Waals surface area contributed by atoms with Crippen LogP contribution in [0.15, 0.2) is 71.3 Å². The van der Waals surface area contributed by atoms with Crippen LogP contribution in [0.4, 0.5) is 5.69 Å². The Labute approximate surface area is 150 Å². The zero-order chi connectivity index (χ0) is 17.8. The Balaban J connectivity index is 2.01. The third-order valence-corrected chi connectivity index (χ3v) is 4.87. The summed E-state index contributed by atoms with van der Waals surface area (Å²) >= 11 is 1.34. The molecule has 3 rings (SSSR count). The number of nitrogens with zero attached hydrogens (tertiary/aromatic N) is 3. The first kappa shape index (κ1) is 17.0. The number of hydrogen-bond donors (Lipinski definition) is 1. The third-order valence-electron chi connectivity index (χ3n) is 3.69. The largest absolute Gasteiger partial charge is 0.508 e. The molecular weight excluding hydrogens is 334 g/mol. The van der Waals surface area contributed by atoms with E-state index in [0.717, 1.165) is 11.1 Å². The summed E-state index contributed by atoms with van der Waals surface area (Å²) < 4.78 is 0. The minimum atomic E-state index is -0.0990. The molecule has 6 heteroatoms. The Hall–Kier alpha value is -2.86. The van der Waals surface area contributed by atoms with E-state index in [-0.39, 0.29) is 11.7 Å². The number of carbonyl (C=O) groups excluding carboxylic acids is 1. The number of phenolic OH excluding ortho intramolecular Hbond substituents is 1. The van der Waals surface area contributed by atoms with E-state index in [2.05, 4.69) is 16.6 Å². The molecule has 5 nitrogen and oxygen atoms in total. The smallest absolute Gasteiger partial charge is 0.267 e. The molecule has 1 saturated heterocycles. The summed E-state index contributed by atoms with van der Waals surface area (Å²) in [5, 5.41) is 10.0. The summed E-state index contributed by atoms with van der Waals surface area (Å²) in [6.45, 7) is 6.00. The van der Waals surface area contributed by atoms with Gasteiger partial charge in [0, 0.05) is 12.7 Å². The fourth-order valence-electron chi connectivity index (χ4n) is 2.38. The Morgan fingerprint density at radius 3 is 2.76 bits per heavy atom. The van der Waals surface area contributed by atoms with Gasteiger partial charge >= 0.3 is 0 Å². The molecule has 126 valence electrons. The van der Waals surface area contributed by atoms with Gasteiger partial charge in [-0.25, -0.2) is 4.99 Å². The minimum absolute atomic E-state index is 0.0990. The van der Waals surface area contributed by atoms with Crippen LogP contribution in [0.25, 0.3) is 5.57 Å². The number of amidine groups is 1. The first-order valence-electron chi connectivity index (χ1n) is 7.69. The van der Waals surface area contributed by atoms with E-state index in [1.165, 1.54) is 11.8 Å². The quantitative estimate of drug-likeness (QED) is 0.669. The number of aliphatic imine (C=N–C) groups is 1. The van der Waals surface area contributed by atoms with Gasteiger partial charge < -0.3 is 5.11 Å². The third kappa shape index (κ3) is 3.64. The lowest BCUT2D eigenvalue weighted by molar-refractivity contribution is -0.121. The number of thioether (sulfide) groups is 1. The van der Waals surface area contributed by atoms with E-state index < -0.39 is 0 Å². The van der Waals surface area contributed by atoms with Gasteiger partial charge in [-0.1, -0.05) is 18.2 Å². The molecule has 1 aliphatic heterocycles. The summed E-state index contributed by atoms with van der Waals surface area (Å²) in [5.74, 6) is 0.0946. The minimum Gasteiger partial charge on any atom is -0.508 e. The van der Waals surface area contributed by atoms with Crippen LogP contribution in [-0.4, -0.2) is 32.6 Å². The van der Waals surface area contributed by atoms with Crippen LogP contribution in [0, 0.1) is 0 Å². The van der Waals surface area contributed by atoms with Crippen molar-refractivity contribution in [3.63, 3.8) is 0 Å². The number of aromatic hydroxyl groups is 1. The van der Waals surface area contributed by atoms with Crippen LogP contribution in [0.5, 0.6) is 5.75 Å². The molecule has 0 atom stereocenters. The molecule has 0 aliphatic carbocycles. The number of allylic oxidation sites excluding steroid dienone is 1. The molecule has 1 aliphatic rings. The molecule has 1 N–H and O–H groups in total. The number of amides is 1. The maximum absolute atomic E-state index is 12.8. The lowest BCUT2D eigenvalue weighted by Gasteiger charge is -2.12. The molecule has 0 radical (unpaired) electrons. The number of carbonyl (C=O) groups is 1. The summed E-state index contributed by atoms with van der Waals surface area (Å²) in [5.41, 5.74) is 2.42. The molecule has 0 bridgehead atoms. The predicted octanol–water partition coefficient (Wildman–Crippen LogP) is 3.97. The molecule has 1 aromatic carbocycles. The van der Waals surface area contributed by atoms with Gasteiger partial charge in [-0.2, -0.15) is 0 Å². The van der Waals surface area contributed by atoms with Crippen LogP contribution in [0.2, 0.25) is 0 Å². The van der Waals surface area contributed by atoms with Crippen molar-refractivity contribution in [2.45, 2.75) is 6.92 Å². The Kier molecular flexibility index (Phi) is 5.00. The SMILES string of the molecule is C=CCN1C(=O)/C(=C(\C)c2ccc(O)cc2)SC1=Nc1cccnc1. The van der Waals surface area contributed by atoms with Gasteiger partial charge in [-0.15, -0.1) is 6.58 Å². The highest BCUT2D eigenvalue weighted by Crippen LogP contribution is 2.37. The van der Waals surface area contributed by atoms with Crippen molar-refractivity contribution in [2.75, 3.05) is 6.54 Å². The zero-order valence-electron chi connectivity index (χ0n) is 13.7. The second kappa shape index (κ2) is 7.36. The molecule has 1 aromatic heterocycles. The Morgan fingerprint density at radius 1 is 1.36 bits per heavy atom. The van der Waals surface area contributed by atoms with Crippen molar-refractivity contribution in [2.24, 2.45) is 4.99 Å². The highest BCUT2D eigenvalue weighted by Gasteiger charge is 2.34. The van der Waals surface area contributed by atoms with Gasteiger partial charge in [-0.3, -0.25) is 14.7 Å². The van der Waals surface area contributed by atoms with E-state index in [1.807, 2.05) is 13.0 Å². The maximum Gasteiger partial charge on any atom is 0.267 e. The Morgan fingerprint density at radius 2 is 2.12 bits per heavy atom. The molecule has 2 heterocycles. The first-order chi connectivity index (χ1) is 12.1. The van der Waals surface area contributed by atoms with Crippen molar-refractivity contribution < 1.29 is 9.90 Å². The number of pyridine rings is 1. The van der Waals surface area contributed by atoms with Gasteiger partial charge in [0.05, 0.1) is 16.8 Å². The molecular formula is C19H17N3O2S. The topological polar surface area (TPSA) is 65.8 Å². The summed E-state index contributed by atoms with van der Waals surface area (Å²) in [7, 11) is 0. The lowest BCUT2D eigenvalue weighted by Crippen LogP contribution is -2.29. The summed E-state index contributed by atoms with van der Waals surface area (Å²) in [6.07, 6.45) is 5.01. The number of hydrogen-bond acceptors (Lipinski definition) is 5. The fourth-order valence-corrected chi connectivity index (χ4v) is 3.45. The normalized spacial score (nSPS) is 17.9. The van der Waals surface area contributed by atoms with Crippen LogP contribution in [0.1, 0.15) is 12.5 Å². The molecule has 1 amide bonds. The van der Waals surface area contributed by atoms with E-state index in [4.69, 9.17) is 0 Å². The zero-order valence-corrected chi connectivity index (χ0v) is 14.5. The van der Waals surface area contributed by atoms with E-state index >= 15 is 0 Å². The van der Waals surface area contributed by atoms with Crippen LogP contribution >= 0.6 is 11.8 Å². The van der Waals surface area contributed by atoms with Crippen LogP contribution in [0.3, 0.4) is 0 Å². The average Bonchev–Trinajstić information content (AvgIpc) is 2.92. The molecule has 0 unspecified atom stereocenters. The van der Waals surface area contributed by atoms with E-state index in [1.54, 1.807) is 53.7 Å². The number of phenols is 1. The van der Waals surface area contributed by atoms with Crippen molar-refractivity contribution in [1.82, 2.24) is 9.88 Å². The molecule has 1 fully saturated rings. The van der Waals surface area contributed by atoms with Crippen LogP contribution in [-0.2, 0) is 4.79 Å². The summed E-state index contributed by atoms with van der Waals surface area (Å²) in [4.78, 5) is 23.7. The van der Waals surface area contributed by atoms with Gasteiger partial charge in [0.25, 0.3) is 5.91 Å². The number of benzene rings is 1. The molecule has 0 saturated carbocycles. The van der Waals surface area contributed by atoms with Crippen molar-refractivity contribution in [1.29, 1.82) is 0 Å².